The van der Waals surface area contributed by atoms with E-state index >= 15 is 0 Å². The second kappa shape index (κ2) is 4.44. The summed E-state index contributed by atoms with van der Waals surface area (Å²) < 4.78 is 5.24. The van der Waals surface area contributed by atoms with Crippen molar-refractivity contribution in [1.29, 1.82) is 0 Å². The van der Waals surface area contributed by atoms with E-state index in [0.29, 0.717) is 5.69 Å². The van der Waals surface area contributed by atoms with E-state index in [0.717, 1.165) is 12.8 Å². The Labute approximate surface area is 113 Å². The van der Waals surface area contributed by atoms with Gasteiger partial charge in [-0.1, -0.05) is 12.1 Å². The molecule has 1 fully saturated rings. The summed E-state index contributed by atoms with van der Waals surface area (Å²) in [7, 11) is 0. The van der Waals surface area contributed by atoms with E-state index in [4.69, 9.17) is 9.52 Å². The molecule has 20 heavy (non-hydrogen) atoms. The lowest BCUT2D eigenvalue weighted by Gasteiger charge is -1.97. The van der Waals surface area contributed by atoms with Crippen LogP contribution >= 0.6 is 0 Å². The monoisotopic (exact) mass is 274 g/mol. The average Bonchev–Trinajstić information content (AvgIpc) is 3.17. The maximum absolute atomic E-state index is 11.1. The number of hydrogen-bond donors (Lipinski definition) is 1. The summed E-state index contributed by atoms with van der Waals surface area (Å²) in [6, 6.07) is 5.97. The van der Waals surface area contributed by atoms with Crippen LogP contribution in [-0.2, 0) is 0 Å². The summed E-state index contributed by atoms with van der Waals surface area (Å²) in [5.74, 6) is -1.36. The van der Waals surface area contributed by atoms with Crippen LogP contribution in [0.15, 0.2) is 28.7 Å². The van der Waals surface area contributed by atoms with Crippen molar-refractivity contribution < 1.29 is 19.2 Å². The minimum Gasteiger partial charge on any atom is -0.475 e. The van der Waals surface area contributed by atoms with Crippen LogP contribution in [-0.4, -0.2) is 21.0 Å². The zero-order chi connectivity index (χ0) is 14.3. The van der Waals surface area contributed by atoms with E-state index in [1.807, 2.05) is 0 Å². The van der Waals surface area contributed by atoms with Gasteiger partial charge in [-0.2, -0.15) is 0 Å². The number of carboxylic acids is 1. The first-order valence-corrected chi connectivity index (χ1v) is 6.05. The first-order chi connectivity index (χ1) is 9.58. The maximum atomic E-state index is 11.1. The summed E-state index contributed by atoms with van der Waals surface area (Å²) in [5.41, 5.74) is 0.408. The van der Waals surface area contributed by atoms with E-state index in [9.17, 15) is 14.9 Å². The fourth-order valence-corrected chi connectivity index (χ4v) is 2.05. The van der Waals surface area contributed by atoms with Crippen LogP contribution < -0.4 is 0 Å². The maximum Gasteiger partial charge on any atom is 0.373 e. The average molecular weight is 274 g/mol. The Morgan fingerprint density at radius 3 is 2.70 bits per heavy atom. The topological polar surface area (TPSA) is 106 Å². The Morgan fingerprint density at radius 2 is 2.10 bits per heavy atom. The fourth-order valence-electron chi connectivity index (χ4n) is 2.05. The largest absolute Gasteiger partial charge is 0.475 e. The summed E-state index contributed by atoms with van der Waals surface area (Å²) >= 11 is 0. The normalized spacial score (nSPS) is 14.2. The number of nitrogens with zero attached hydrogens (tertiary/aromatic N) is 2. The number of aromatic carboxylic acids is 1. The molecular formula is C13H10N2O5. The van der Waals surface area contributed by atoms with Gasteiger partial charge in [0, 0.05) is 12.0 Å². The molecule has 102 valence electrons. The molecule has 2 aromatic rings. The zero-order valence-corrected chi connectivity index (χ0v) is 10.3. The molecule has 7 heteroatoms. The van der Waals surface area contributed by atoms with Gasteiger partial charge in [-0.05, 0) is 18.9 Å². The number of carboxylic acid groups (broad SMARTS) is 1. The van der Waals surface area contributed by atoms with Gasteiger partial charge in [0.25, 0.3) is 5.69 Å². The Bertz CT molecular complexity index is 703. The Kier molecular flexibility index (Phi) is 2.74. The summed E-state index contributed by atoms with van der Waals surface area (Å²) in [5, 5.41) is 20.1. The van der Waals surface area contributed by atoms with E-state index in [1.54, 1.807) is 6.07 Å². The number of hydrogen-bond acceptors (Lipinski definition) is 5. The standard InChI is InChI=1S/C13H10N2O5/c16-13(17)11-10(7-5-6-7)14-12(20-11)8-3-1-2-4-9(8)15(18)19/h1-4,7H,5-6H2,(H,16,17). The number of para-hydroxylation sites is 1. The number of oxazole rings is 1. The molecule has 0 radical (unpaired) electrons. The van der Waals surface area contributed by atoms with Gasteiger partial charge >= 0.3 is 5.97 Å². The highest BCUT2D eigenvalue weighted by Gasteiger charge is 2.34. The smallest absolute Gasteiger partial charge is 0.373 e. The van der Waals surface area contributed by atoms with Gasteiger partial charge in [0.05, 0.1) is 10.6 Å². The molecule has 1 aromatic carbocycles. The van der Waals surface area contributed by atoms with E-state index in [1.165, 1.54) is 18.2 Å². The predicted octanol–water partition coefficient (Wildman–Crippen LogP) is 2.83. The molecule has 3 rings (SSSR count). The Morgan fingerprint density at radius 1 is 1.40 bits per heavy atom. The van der Waals surface area contributed by atoms with Gasteiger partial charge in [-0.25, -0.2) is 9.78 Å². The van der Waals surface area contributed by atoms with Crippen LogP contribution in [0.4, 0.5) is 5.69 Å². The molecule has 0 spiro atoms. The molecule has 1 aromatic heterocycles. The van der Waals surface area contributed by atoms with Crippen molar-refractivity contribution in [3.8, 4) is 11.5 Å². The van der Waals surface area contributed by atoms with E-state index < -0.39 is 10.9 Å². The zero-order valence-electron chi connectivity index (χ0n) is 10.3. The van der Waals surface area contributed by atoms with Gasteiger partial charge in [0.1, 0.15) is 5.56 Å². The van der Waals surface area contributed by atoms with E-state index in [2.05, 4.69) is 4.98 Å². The van der Waals surface area contributed by atoms with Gasteiger partial charge in [-0.15, -0.1) is 0 Å². The van der Waals surface area contributed by atoms with E-state index in [-0.39, 0.29) is 28.8 Å². The highest BCUT2D eigenvalue weighted by molar-refractivity contribution is 5.87. The fraction of sp³-hybridized carbons (Fsp3) is 0.231. The van der Waals surface area contributed by atoms with Crippen molar-refractivity contribution in [3.05, 3.63) is 45.8 Å². The molecule has 0 saturated heterocycles. The molecule has 1 aliphatic rings. The Balaban J connectivity index is 2.13. The lowest BCUT2D eigenvalue weighted by Crippen LogP contribution is -1.98. The van der Waals surface area contributed by atoms with Crippen molar-refractivity contribution in [2.45, 2.75) is 18.8 Å². The third-order valence-corrected chi connectivity index (χ3v) is 3.14. The van der Waals surface area contributed by atoms with Crippen LogP contribution in [0.5, 0.6) is 0 Å². The second-order valence-corrected chi connectivity index (χ2v) is 4.59. The highest BCUT2D eigenvalue weighted by Crippen LogP contribution is 2.43. The van der Waals surface area contributed by atoms with Gasteiger partial charge in [0.2, 0.25) is 11.7 Å². The van der Waals surface area contributed by atoms with Crippen LogP contribution in [0, 0.1) is 10.1 Å². The molecule has 1 N–H and O–H groups in total. The number of aromatic nitrogens is 1. The molecule has 0 amide bonds. The van der Waals surface area contributed by atoms with Crippen LogP contribution in [0.25, 0.3) is 11.5 Å². The van der Waals surface area contributed by atoms with Gasteiger partial charge in [0.15, 0.2) is 0 Å². The lowest BCUT2D eigenvalue weighted by atomic mass is 10.2. The lowest BCUT2D eigenvalue weighted by molar-refractivity contribution is -0.384. The molecule has 0 aliphatic heterocycles. The van der Waals surface area contributed by atoms with Crippen LogP contribution in [0.1, 0.15) is 35.0 Å². The molecule has 1 aliphatic carbocycles. The number of rotatable bonds is 4. The van der Waals surface area contributed by atoms with Crippen molar-refractivity contribution in [1.82, 2.24) is 4.98 Å². The van der Waals surface area contributed by atoms with Crippen molar-refractivity contribution in [2.24, 2.45) is 0 Å². The minimum absolute atomic E-state index is 0.0170. The van der Waals surface area contributed by atoms with Crippen LogP contribution in [0.3, 0.4) is 0 Å². The van der Waals surface area contributed by atoms with Gasteiger partial charge < -0.3 is 9.52 Å². The van der Waals surface area contributed by atoms with Crippen molar-refractivity contribution >= 4 is 11.7 Å². The molecule has 0 unspecified atom stereocenters. The highest BCUT2D eigenvalue weighted by atomic mass is 16.6. The van der Waals surface area contributed by atoms with Crippen molar-refractivity contribution in [2.75, 3.05) is 0 Å². The minimum atomic E-state index is -1.20. The number of nitro groups is 1. The number of carbonyl (C=O) groups is 1. The molecule has 1 saturated carbocycles. The second-order valence-electron chi connectivity index (χ2n) is 4.59. The molecule has 0 bridgehead atoms. The third kappa shape index (κ3) is 2.03. The molecule has 1 heterocycles. The predicted molar refractivity (Wildman–Crippen MR) is 67.5 cm³/mol. The van der Waals surface area contributed by atoms with Crippen LogP contribution in [0.2, 0.25) is 0 Å². The Hall–Kier alpha value is -2.70. The summed E-state index contributed by atoms with van der Waals surface area (Å²) in [6.45, 7) is 0. The van der Waals surface area contributed by atoms with Gasteiger partial charge in [-0.3, -0.25) is 10.1 Å². The molecular weight excluding hydrogens is 264 g/mol. The summed E-state index contributed by atoms with van der Waals surface area (Å²) in [4.78, 5) is 25.7. The summed E-state index contributed by atoms with van der Waals surface area (Å²) in [6.07, 6.45) is 1.73. The first-order valence-electron chi connectivity index (χ1n) is 6.05. The quantitative estimate of drug-likeness (QED) is 0.678. The first kappa shape index (κ1) is 12.3. The third-order valence-electron chi connectivity index (χ3n) is 3.14. The SMILES string of the molecule is O=C(O)c1oc(-c2ccccc2[N+](=O)[O-])nc1C1CC1. The molecule has 0 atom stereocenters. The molecule has 7 nitrogen and oxygen atoms in total. The van der Waals surface area contributed by atoms with Crippen molar-refractivity contribution in [3.63, 3.8) is 0 Å². The number of benzene rings is 1. The number of nitro benzene ring substituents is 1.